The molecule has 1 heterocycles. The summed E-state index contributed by atoms with van der Waals surface area (Å²) < 4.78 is 9.66. The van der Waals surface area contributed by atoms with Crippen molar-refractivity contribution in [1.29, 1.82) is 0 Å². The van der Waals surface area contributed by atoms with Crippen LogP contribution in [0.5, 0.6) is 0 Å². The molecule has 12 heavy (non-hydrogen) atoms. The van der Waals surface area contributed by atoms with Crippen LogP contribution in [0.15, 0.2) is 0 Å². The van der Waals surface area contributed by atoms with Gasteiger partial charge in [-0.15, -0.1) is 12.4 Å². The second kappa shape index (κ2) is 5.35. The van der Waals surface area contributed by atoms with Gasteiger partial charge in [-0.05, 0) is 6.42 Å². The fourth-order valence-corrected chi connectivity index (χ4v) is 1.19. The van der Waals surface area contributed by atoms with Gasteiger partial charge in [0.25, 0.3) is 0 Å². The average Bonchev–Trinajstić information content (AvgIpc) is 2.03. The summed E-state index contributed by atoms with van der Waals surface area (Å²) in [5, 5.41) is 0. The molecule has 0 spiro atoms. The summed E-state index contributed by atoms with van der Waals surface area (Å²) in [5.41, 5.74) is 5.58. The Labute approximate surface area is 77.8 Å². The summed E-state index contributed by atoms with van der Waals surface area (Å²) in [6, 6.07) is -0.0205. The van der Waals surface area contributed by atoms with Gasteiger partial charge in [0.05, 0.1) is 26.2 Å². The zero-order valence-corrected chi connectivity index (χ0v) is 7.80. The molecule has 1 aliphatic rings. The van der Waals surface area contributed by atoms with Crippen molar-refractivity contribution >= 4 is 18.4 Å². The van der Waals surface area contributed by atoms with Crippen molar-refractivity contribution < 1.29 is 14.3 Å². The summed E-state index contributed by atoms with van der Waals surface area (Å²) in [6.45, 7) is 0.994. The van der Waals surface area contributed by atoms with Crippen molar-refractivity contribution in [3.63, 3.8) is 0 Å². The second-order valence-electron chi connectivity index (χ2n) is 2.75. The number of nitrogens with two attached hydrogens (primary N) is 1. The summed E-state index contributed by atoms with van der Waals surface area (Å²) in [4.78, 5) is 11.0. The van der Waals surface area contributed by atoms with Gasteiger partial charge in [-0.25, -0.2) is 0 Å². The Morgan fingerprint density at radius 3 is 2.75 bits per heavy atom. The number of hydrogen-bond acceptors (Lipinski definition) is 4. The standard InChI is InChI=1S/C7H13NO3.ClH/c1-10-7(9)5-2-6(8)4-11-3-5;/h5-6H,2-4,8H2,1H3;1H/t5-,6+;/m0./s1. The lowest BCUT2D eigenvalue weighted by Crippen LogP contribution is -2.39. The van der Waals surface area contributed by atoms with Crippen LogP contribution >= 0.6 is 12.4 Å². The minimum absolute atomic E-state index is 0. The van der Waals surface area contributed by atoms with Crippen LogP contribution in [0.2, 0.25) is 0 Å². The topological polar surface area (TPSA) is 61.5 Å². The zero-order chi connectivity index (χ0) is 8.27. The first-order valence-corrected chi connectivity index (χ1v) is 3.65. The molecular formula is C7H14ClNO3. The van der Waals surface area contributed by atoms with E-state index >= 15 is 0 Å². The van der Waals surface area contributed by atoms with Crippen molar-refractivity contribution in [2.75, 3.05) is 20.3 Å². The number of hydrogen-bond donors (Lipinski definition) is 1. The van der Waals surface area contributed by atoms with Gasteiger partial charge in [0.1, 0.15) is 0 Å². The van der Waals surface area contributed by atoms with Crippen LogP contribution in [0.4, 0.5) is 0 Å². The Kier molecular flexibility index (Phi) is 5.20. The van der Waals surface area contributed by atoms with Crippen LogP contribution in [0.3, 0.4) is 0 Å². The molecule has 0 aromatic rings. The van der Waals surface area contributed by atoms with Crippen LogP contribution in [-0.2, 0) is 14.3 Å². The number of carbonyl (C=O) groups is 1. The summed E-state index contributed by atoms with van der Waals surface area (Å²) in [5.74, 6) is -0.385. The molecule has 2 atom stereocenters. The summed E-state index contributed by atoms with van der Waals surface area (Å²) in [6.07, 6.45) is 0.673. The highest BCUT2D eigenvalue weighted by molar-refractivity contribution is 5.85. The van der Waals surface area contributed by atoms with E-state index in [0.29, 0.717) is 19.6 Å². The van der Waals surface area contributed by atoms with E-state index in [1.807, 2.05) is 0 Å². The molecule has 2 N–H and O–H groups in total. The molecule has 1 rings (SSSR count). The lowest BCUT2D eigenvalue weighted by molar-refractivity contribution is -0.150. The van der Waals surface area contributed by atoms with E-state index in [0.717, 1.165) is 0 Å². The second-order valence-corrected chi connectivity index (χ2v) is 2.75. The van der Waals surface area contributed by atoms with Gasteiger partial charge in [0.2, 0.25) is 0 Å². The first kappa shape index (κ1) is 11.7. The smallest absolute Gasteiger partial charge is 0.311 e. The van der Waals surface area contributed by atoms with Gasteiger partial charge < -0.3 is 15.2 Å². The van der Waals surface area contributed by atoms with Crippen molar-refractivity contribution in [3.8, 4) is 0 Å². The molecule has 0 unspecified atom stereocenters. The van der Waals surface area contributed by atoms with E-state index in [1.54, 1.807) is 0 Å². The summed E-state index contributed by atoms with van der Waals surface area (Å²) >= 11 is 0. The molecule has 0 bridgehead atoms. The molecule has 0 saturated carbocycles. The maximum atomic E-state index is 11.0. The third-order valence-corrected chi connectivity index (χ3v) is 1.77. The minimum Gasteiger partial charge on any atom is -0.469 e. The predicted octanol–water partition coefficient (Wildman–Crippen LogP) is -0.0550. The van der Waals surface area contributed by atoms with Gasteiger partial charge in [-0.3, -0.25) is 4.79 Å². The van der Waals surface area contributed by atoms with Gasteiger partial charge in [-0.1, -0.05) is 0 Å². The van der Waals surface area contributed by atoms with E-state index in [9.17, 15) is 4.79 Å². The number of halogens is 1. The van der Waals surface area contributed by atoms with E-state index < -0.39 is 0 Å². The Bertz CT molecular complexity index is 154. The quantitative estimate of drug-likeness (QED) is 0.596. The zero-order valence-electron chi connectivity index (χ0n) is 6.99. The summed E-state index contributed by atoms with van der Waals surface area (Å²) in [7, 11) is 1.38. The van der Waals surface area contributed by atoms with Crippen molar-refractivity contribution in [2.24, 2.45) is 11.7 Å². The van der Waals surface area contributed by atoms with Crippen LogP contribution in [0, 0.1) is 5.92 Å². The fraction of sp³-hybridized carbons (Fsp3) is 0.857. The number of carbonyl (C=O) groups excluding carboxylic acids is 1. The minimum atomic E-state index is -0.222. The fourth-order valence-electron chi connectivity index (χ4n) is 1.19. The first-order valence-electron chi connectivity index (χ1n) is 3.65. The SMILES string of the molecule is COC(=O)[C@@H]1COC[C@H](N)C1.Cl. The molecule has 72 valence electrons. The van der Waals surface area contributed by atoms with Gasteiger partial charge in [-0.2, -0.15) is 0 Å². The molecule has 1 aliphatic heterocycles. The molecule has 4 nitrogen and oxygen atoms in total. The number of rotatable bonds is 1. The number of ether oxygens (including phenoxy) is 2. The van der Waals surface area contributed by atoms with Crippen molar-refractivity contribution in [1.82, 2.24) is 0 Å². The van der Waals surface area contributed by atoms with Crippen LogP contribution in [0.1, 0.15) is 6.42 Å². The molecule has 0 radical (unpaired) electrons. The monoisotopic (exact) mass is 195 g/mol. The Hall–Kier alpha value is -0.320. The van der Waals surface area contributed by atoms with E-state index in [1.165, 1.54) is 7.11 Å². The molecule has 0 aromatic heterocycles. The van der Waals surface area contributed by atoms with Gasteiger partial charge >= 0.3 is 5.97 Å². The number of esters is 1. The largest absolute Gasteiger partial charge is 0.469 e. The van der Waals surface area contributed by atoms with Crippen molar-refractivity contribution in [3.05, 3.63) is 0 Å². The van der Waals surface area contributed by atoms with Crippen LogP contribution < -0.4 is 5.73 Å². The highest BCUT2D eigenvalue weighted by Crippen LogP contribution is 2.13. The molecule has 0 aromatic carbocycles. The molecule has 1 fully saturated rings. The molecule has 0 amide bonds. The lowest BCUT2D eigenvalue weighted by atomic mass is 9.99. The van der Waals surface area contributed by atoms with Crippen LogP contribution in [0.25, 0.3) is 0 Å². The predicted molar refractivity (Wildman–Crippen MR) is 46.2 cm³/mol. The van der Waals surface area contributed by atoms with E-state index in [2.05, 4.69) is 4.74 Å². The van der Waals surface area contributed by atoms with Crippen molar-refractivity contribution in [2.45, 2.75) is 12.5 Å². The Balaban J connectivity index is 0.00000121. The maximum absolute atomic E-state index is 11.0. The lowest BCUT2D eigenvalue weighted by Gasteiger charge is -2.24. The normalized spacial score (nSPS) is 28.8. The van der Waals surface area contributed by atoms with Crippen LogP contribution in [-0.4, -0.2) is 32.3 Å². The molecule has 5 heteroatoms. The molecular weight excluding hydrogens is 182 g/mol. The molecule has 0 aliphatic carbocycles. The Morgan fingerprint density at radius 2 is 2.25 bits per heavy atom. The average molecular weight is 196 g/mol. The first-order chi connectivity index (χ1) is 5.24. The van der Waals surface area contributed by atoms with Gasteiger partial charge in [0.15, 0.2) is 0 Å². The highest BCUT2D eigenvalue weighted by Gasteiger charge is 2.26. The Morgan fingerprint density at radius 1 is 1.58 bits per heavy atom. The van der Waals surface area contributed by atoms with E-state index in [-0.39, 0.29) is 30.3 Å². The van der Waals surface area contributed by atoms with Gasteiger partial charge in [0, 0.05) is 6.04 Å². The third-order valence-electron chi connectivity index (χ3n) is 1.77. The third kappa shape index (κ3) is 2.97. The molecule has 1 saturated heterocycles. The van der Waals surface area contributed by atoms with E-state index in [4.69, 9.17) is 10.5 Å². The maximum Gasteiger partial charge on any atom is 0.311 e. The highest BCUT2D eigenvalue weighted by atomic mass is 35.5. The number of methoxy groups -OCH3 is 1.